The van der Waals surface area contributed by atoms with Crippen molar-refractivity contribution in [2.75, 3.05) is 4.90 Å². The van der Waals surface area contributed by atoms with Crippen molar-refractivity contribution in [3.63, 3.8) is 0 Å². The van der Waals surface area contributed by atoms with E-state index >= 15 is 0 Å². The number of para-hydroxylation sites is 4. The Labute approximate surface area is 440 Å². The molecule has 354 valence electrons. The van der Waals surface area contributed by atoms with Gasteiger partial charge < -0.3 is 13.9 Å². The molecule has 1 spiro atoms. The molecule has 16 rings (SSSR count). The molecule has 3 nitrogen and oxygen atoms in total. The zero-order valence-electron chi connectivity index (χ0n) is 41.4. The van der Waals surface area contributed by atoms with Crippen LogP contribution in [0.25, 0.3) is 105 Å². The Morgan fingerprint density at radius 2 is 0.816 bits per heavy atom. The minimum atomic E-state index is -0.610. The summed E-state index contributed by atoms with van der Waals surface area (Å²) in [5.41, 5.74) is 25.1. The maximum absolute atomic E-state index is 6.57. The zero-order valence-corrected chi connectivity index (χ0v) is 41.4. The fourth-order valence-electron chi connectivity index (χ4n) is 13.3. The Morgan fingerprint density at radius 1 is 0.316 bits per heavy atom. The van der Waals surface area contributed by atoms with Crippen molar-refractivity contribution in [1.29, 1.82) is 0 Å². The van der Waals surface area contributed by atoms with Crippen LogP contribution in [0.3, 0.4) is 0 Å². The SMILES string of the molecule is c1ccc(-n2c3ccccc3c3cc(-c4ccc(N(c5ccc(-c6cccc7c6oc6ccccc67)cc5)c5cccc6c5-c5ccccc5C65c6ccccc6-c6ccccc6-c6ccccc65)cc4)ccc32)cc1. The molecule has 2 heterocycles. The second-order valence-electron chi connectivity index (χ2n) is 20.3. The van der Waals surface area contributed by atoms with Gasteiger partial charge in [0.15, 0.2) is 0 Å². The van der Waals surface area contributed by atoms with E-state index in [1.807, 2.05) is 6.07 Å². The number of benzene rings is 12. The number of furan rings is 1. The van der Waals surface area contributed by atoms with Crippen molar-refractivity contribution in [2.45, 2.75) is 5.41 Å². The van der Waals surface area contributed by atoms with Gasteiger partial charge in [-0.3, -0.25) is 0 Å². The summed E-state index contributed by atoms with van der Waals surface area (Å²) in [6.45, 7) is 0. The third-order valence-electron chi connectivity index (χ3n) is 16.4. The van der Waals surface area contributed by atoms with Gasteiger partial charge in [-0.2, -0.15) is 0 Å². The van der Waals surface area contributed by atoms with E-state index in [9.17, 15) is 0 Å². The maximum Gasteiger partial charge on any atom is 0.143 e. The molecule has 0 amide bonds. The second-order valence-corrected chi connectivity index (χ2v) is 20.3. The predicted octanol–water partition coefficient (Wildman–Crippen LogP) is 19.5. The van der Waals surface area contributed by atoms with Gasteiger partial charge in [0, 0.05) is 49.7 Å². The third-order valence-corrected chi connectivity index (χ3v) is 16.4. The molecule has 0 saturated carbocycles. The van der Waals surface area contributed by atoms with E-state index in [0.29, 0.717) is 0 Å². The lowest BCUT2D eigenvalue weighted by Gasteiger charge is -2.35. The molecule has 2 aliphatic rings. The molecule has 0 unspecified atom stereocenters. The number of hydrogen-bond donors (Lipinski definition) is 0. The number of anilines is 3. The van der Waals surface area contributed by atoms with Crippen LogP contribution in [0.5, 0.6) is 0 Å². The molecular weight excluding hydrogens is 921 g/mol. The largest absolute Gasteiger partial charge is 0.455 e. The average Bonchev–Trinajstić information content (AvgIpc) is 4.19. The summed E-state index contributed by atoms with van der Waals surface area (Å²) in [7, 11) is 0. The van der Waals surface area contributed by atoms with Gasteiger partial charge >= 0.3 is 0 Å². The van der Waals surface area contributed by atoms with E-state index in [0.717, 1.165) is 61.4 Å². The van der Waals surface area contributed by atoms with Crippen molar-refractivity contribution in [3.05, 3.63) is 301 Å². The van der Waals surface area contributed by atoms with Gasteiger partial charge in [-0.1, -0.05) is 212 Å². The van der Waals surface area contributed by atoms with Gasteiger partial charge in [0.2, 0.25) is 0 Å². The van der Waals surface area contributed by atoms with Gasteiger partial charge in [-0.15, -0.1) is 0 Å². The zero-order chi connectivity index (χ0) is 49.9. The van der Waals surface area contributed by atoms with Crippen LogP contribution in [-0.2, 0) is 5.41 Å². The number of fused-ring (bicyclic) bond motifs is 18. The summed E-state index contributed by atoms with van der Waals surface area (Å²) in [6.07, 6.45) is 0. The molecule has 0 fully saturated rings. The Hall–Kier alpha value is -9.96. The number of hydrogen-bond acceptors (Lipinski definition) is 2. The van der Waals surface area contributed by atoms with Crippen molar-refractivity contribution in [2.24, 2.45) is 0 Å². The van der Waals surface area contributed by atoms with E-state index in [4.69, 9.17) is 4.42 Å². The number of aromatic nitrogens is 1. The molecule has 0 N–H and O–H groups in total. The lowest BCUT2D eigenvalue weighted by atomic mass is 9.66. The van der Waals surface area contributed by atoms with Crippen molar-refractivity contribution < 1.29 is 4.42 Å². The second kappa shape index (κ2) is 16.5. The van der Waals surface area contributed by atoms with Gasteiger partial charge in [-0.05, 0) is 133 Å². The molecule has 0 atom stereocenters. The summed E-state index contributed by atoms with van der Waals surface area (Å²) >= 11 is 0. The highest BCUT2D eigenvalue weighted by Gasteiger charge is 2.50. The first kappa shape index (κ1) is 42.5. The fraction of sp³-hybridized carbons (Fsp3) is 0.0137. The summed E-state index contributed by atoms with van der Waals surface area (Å²) in [5, 5.41) is 4.73. The number of rotatable bonds is 6. The van der Waals surface area contributed by atoms with Crippen LogP contribution in [0.2, 0.25) is 0 Å². The highest BCUT2D eigenvalue weighted by atomic mass is 16.3. The van der Waals surface area contributed by atoms with E-state index in [2.05, 4.69) is 282 Å². The lowest BCUT2D eigenvalue weighted by molar-refractivity contribution is 0.670. The van der Waals surface area contributed by atoms with Crippen LogP contribution >= 0.6 is 0 Å². The first-order chi connectivity index (χ1) is 37.7. The standard InChI is InChI=1S/C73H46N2O/c1-2-18-50(19-3-1)75-67-33-14-9-24-58(67)62-46-49(40-45-68(62)75)47-36-41-51(42-37-47)74(52-43-38-48(39-44-52)53-27-16-28-60-59-25-10-15-35-70(59)76-72(53)60)69-34-17-32-66-71(69)61-26-8-13-31-65(61)73(66)63-29-11-6-22-56(63)54-20-4-5-21-55(54)57-23-7-12-30-64(57)73/h1-46H. The molecular formula is C73H46N2O. The van der Waals surface area contributed by atoms with Crippen LogP contribution in [0, 0.1) is 0 Å². The molecule has 12 aromatic carbocycles. The van der Waals surface area contributed by atoms with Gasteiger partial charge in [-0.25, -0.2) is 0 Å². The quantitative estimate of drug-likeness (QED) is 0.166. The molecule has 3 heteroatoms. The van der Waals surface area contributed by atoms with Crippen LogP contribution < -0.4 is 4.90 Å². The highest BCUT2D eigenvalue weighted by molar-refractivity contribution is 6.11. The van der Waals surface area contributed by atoms with Crippen molar-refractivity contribution in [1.82, 2.24) is 4.57 Å². The molecule has 0 saturated heterocycles. The van der Waals surface area contributed by atoms with Crippen LogP contribution in [0.4, 0.5) is 17.1 Å². The van der Waals surface area contributed by atoms with Gasteiger partial charge in [0.05, 0.1) is 22.1 Å². The summed E-state index contributed by atoms with van der Waals surface area (Å²) in [5.74, 6) is 0. The van der Waals surface area contributed by atoms with E-state index in [1.54, 1.807) is 0 Å². The highest BCUT2D eigenvalue weighted by Crippen LogP contribution is 2.63. The Balaban J connectivity index is 0.900. The van der Waals surface area contributed by atoms with Crippen LogP contribution in [0.15, 0.2) is 283 Å². The fourth-order valence-corrected chi connectivity index (χ4v) is 13.3. The van der Waals surface area contributed by atoms with Gasteiger partial charge in [0.1, 0.15) is 11.2 Å². The third kappa shape index (κ3) is 6.05. The monoisotopic (exact) mass is 966 g/mol. The van der Waals surface area contributed by atoms with Crippen molar-refractivity contribution in [3.8, 4) is 61.3 Å². The van der Waals surface area contributed by atoms with E-state index in [-0.39, 0.29) is 0 Å². The minimum Gasteiger partial charge on any atom is -0.455 e. The minimum absolute atomic E-state index is 0.610. The molecule has 14 aromatic rings. The van der Waals surface area contributed by atoms with E-state index in [1.165, 1.54) is 83.0 Å². The Morgan fingerprint density at radius 3 is 1.53 bits per heavy atom. The van der Waals surface area contributed by atoms with Gasteiger partial charge in [0.25, 0.3) is 0 Å². The molecule has 2 aliphatic carbocycles. The molecule has 0 radical (unpaired) electrons. The summed E-state index contributed by atoms with van der Waals surface area (Å²) < 4.78 is 8.95. The molecule has 0 bridgehead atoms. The molecule has 2 aromatic heterocycles. The average molecular weight is 967 g/mol. The smallest absolute Gasteiger partial charge is 0.143 e. The first-order valence-electron chi connectivity index (χ1n) is 26.2. The lowest BCUT2D eigenvalue weighted by Crippen LogP contribution is -2.29. The Bertz CT molecular complexity index is 4570. The number of nitrogens with zero attached hydrogens (tertiary/aromatic N) is 2. The molecule has 0 aliphatic heterocycles. The predicted molar refractivity (Wildman–Crippen MR) is 315 cm³/mol. The van der Waals surface area contributed by atoms with Crippen LogP contribution in [-0.4, -0.2) is 4.57 Å². The summed E-state index contributed by atoms with van der Waals surface area (Å²) in [6, 6.07) is 103. The summed E-state index contributed by atoms with van der Waals surface area (Å²) in [4.78, 5) is 2.48. The van der Waals surface area contributed by atoms with Crippen molar-refractivity contribution >= 4 is 60.8 Å². The first-order valence-corrected chi connectivity index (χ1v) is 26.2. The molecule has 76 heavy (non-hydrogen) atoms. The normalized spacial score (nSPS) is 12.8. The topological polar surface area (TPSA) is 21.3 Å². The van der Waals surface area contributed by atoms with Crippen LogP contribution in [0.1, 0.15) is 22.3 Å². The Kier molecular flexibility index (Phi) is 9.25. The van der Waals surface area contributed by atoms with E-state index < -0.39 is 5.41 Å². The maximum atomic E-state index is 6.57.